The van der Waals surface area contributed by atoms with E-state index >= 15 is 0 Å². The number of aliphatic hydroxyl groups is 1. The van der Waals surface area contributed by atoms with Crippen molar-refractivity contribution >= 4 is 23.0 Å². The Morgan fingerprint density at radius 2 is 2.06 bits per heavy atom. The first kappa shape index (κ1) is 13.1. The summed E-state index contributed by atoms with van der Waals surface area (Å²) in [6.07, 6.45) is 2.96. The maximum atomic E-state index is 8.67. The van der Waals surface area contributed by atoms with Crippen molar-refractivity contribution in [3.63, 3.8) is 0 Å². The lowest BCUT2D eigenvalue weighted by atomic mass is 10.2. The van der Waals surface area contributed by atoms with Crippen molar-refractivity contribution < 1.29 is 5.11 Å². The van der Waals surface area contributed by atoms with Crippen LogP contribution in [0.15, 0.2) is 18.2 Å². The Hall–Kier alpha value is -0.930. The summed E-state index contributed by atoms with van der Waals surface area (Å²) in [5.74, 6) is 0. The van der Waals surface area contributed by atoms with E-state index in [1.807, 2.05) is 19.2 Å². The molecule has 1 aromatic carbocycles. The molecule has 0 saturated heterocycles. The SMILES string of the molecule is CN(CCCCCO)c1ccc(Cl)cc1N. The smallest absolute Gasteiger partial charge is 0.0598 e. The van der Waals surface area contributed by atoms with E-state index in [1.165, 1.54) is 0 Å². The number of nitrogens with two attached hydrogens (primary N) is 1. The summed E-state index contributed by atoms with van der Waals surface area (Å²) in [6, 6.07) is 5.54. The zero-order valence-corrected chi connectivity index (χ0v) is 10.4. The molecule has 0 bridgehead atoms. The molecular weight excluding hydrogens is 224 g/mol. The van der Waals surface area contributed by atoms with Gasteiger partial charge in [-0.15, -0.1) is 0 Å². The van der Waals surface area contributed by atoms with E-state index < -0.39 is 0 Å². The number of anilines is 2. The fourth-order valence-corrected chi connectivity index (χ4v) is 1.81. The predicted octanol–water partition coefficient (Wildman–Crippen LogP) is 2.52. The molecule has 0 aliphatic carbocycles. The monoisotopic (exact) mass is 242 g/mol. The lowest BCUT2D eigenvalue weighted by Crippen LogP contribution is -2.19. The quantitative estimate of drug-likeness (QED) is 0.595. The Morgan fingerprint density at radius 1 is 1.31 bits per heavy atom. The van der Waals surface area contributed by atoms with Gasteiger partial charge in [-0.25, -0.2) is 0 Å². The van der Waals surface area contributed by atoms with Gasteiger partial charge in [-0.3, -0.25) is 0 Å². The molecule has 0 unspecified atom stereocenters. The third kappa shape index (κ3) is 3.91. The fourth-order valence-electron chi connectivity index (χ4n) is 1.63. The minimum absolute atomic E-state index is 0.271. The molecule has 4 heteroatoms. The van der Waals surface area contributed by atoms with Crippen LogP contribution < -0.4 is 10.6 Å². The van der Waals surface area contributed by atoms with Crippen LogP contribution in [0.3, 0.4) is 0 Å². The Morgan fingerprint density at radius 3 is 2.69 bits per heavy atom. The van der Waals surface area contributed by atoms with E-state index in [2.05, 4.69) is 4.90 Å². The van der Waals surface area contributed by atoms with E-state index in [0.29, 0.717) is 10.7 Å². The van der Waals surface area contributed by atoms with Gasteiger partial charge in [0.05, 0.1) is 11.4 Å². The number of hydrogen-bond donors (Lipinski definition) is 2. The van der Waals surface area contributed by atoms with Gasteiger partial charge < -0.3 is 15.7 Å². The summed E-state index contributed by atoms with van der Waals surface area (Å²) < 4.78 is 0. The highest BCUT2D eigenvalue weighted by molar-refractivity contribution is 6.31. The number of nitrogens with zero attached hydrogens (tertiary/aromatic N) is 1. The number of benzene rings is 1. The van der Waals surface area contributed by atoms with Crippen LogP contribution in [0.1, 0.15) is 19.3 Å². The van der Waals surface area contributed by atoms with Gasteiger partial charge in [0.1, 0.15) is 0 Å². The van der Waals surface area contributed by atoms with Gasteiger partial charge in [0.15, 0.2) is 0 Å². The summed E-state index contributed by atoms with van der Waals surface area (Å²) >= 11 is 5.84. The molecule has 0 fully saturated rings. The van der Waals surface area contributed by atoms with Crippen molar-refractivity contribution in [2.24, 2.45) is 0 Å². The fraction of sp³-hybridized carbons (Fsp3) is 0.500. The molecule has 0 atom stereocenters. The summed E-state index contributed by atoms with van der Waals surface area (Å²) in [4.78, 5) is 2.11. The van der Waals surface area contributed by atoms with Crippen molar-refractivity contribution in [1.29, 1.82) is 0 Å². The van der Waals surface area contributed by atoms with Crippen LogP contribution in [0, 0.1) is 0 Å². The van der Waals surface area contributed by atoms with Gasteiger partial charge >= 0.3 is 0 Å². The standard InChI is InChI=1S/C12H19ClN2O/c1-15(7-3-2-4-8-16)12-6-5-10(13)9-11(12)14/h5-6,9,16H,2-4,7-8,14H2,1H3. The Labute approximate surface area is 102 Å². The topological polar surface area (TPSA) is 49.5 Å². The number of aliphatic hydroxyl groups excluding tert-OH is 1. The third-order valence-corrected chi connectivity index (χ3v) is 2.79. The molecule has 0 amide bonds. The van der Waals surface area contributed by atoms with Crippen molar-refractivity contribution in [1.82, 2.24) is 0 Å². The molecule has 0 spiro atoms. The van der Waals surface area contributed by atoms with Crippen LogP contribution in [0.4, 0.5) is 11.4 Å². The summed E-state index contributed by atoms with van der Waals surface area (Å²) in [5.41, 5.74) is 7.60. The van der Waals surface area contributed by atoms with Crippen LogP contribution >= 0.6 is 11.6 Å². The van der Waals surface area contributed by atoms with Gasteiger partial charge in [-0.05, 0) is 37.5 Å². The zero-order chi connectivity index (χ0) is 12.0. The van der Waals surface area contributed by atoms with E-state index in [0.717, 1.165) is 31.5 Å². The maximum absolute atomic E-state index is 8.67. The first-order chi connectivity index (χ1) is 7.65. The Kier molecular flexibility index (Phi) is 5.43. The van der Waals surface area contributed by atoms with Gasteiger partial charge in [-0.2, -0.15) is 0 Å². The largest absolute Gasteiger partial charge is 0.397 e. The van der Waals surface area contributed by atoms with E-state index in [-0.39, 0.29) is 6.61 Å². The van der Waals surface area contributed by atoms with Gasteiger partial charge in [-0.1, -0.05) is 11.6 Å². The highest BCUT2D eigenvalue weighted by Gasteiger charge is 2.05. The first-order valence-corrected chi connectivity index (χ1v) is 5.90. The predicted molar refractivity (Wildman–Crippen MR) is 70.1 cm³/mol. The van der Waals surface area contributed by atoms with Crippen LogP contribution in [-0.4, -0.2) is 25.3 Å². The maximum Gasteiger partial charge on any atom is 0.0598 e. The zero-order valence-electron chi connectivity index (χ0n) is 9.62. The molecule has 3 N–H and O–H groups in total. The second kappa shape index (κ2) is 6.61. The van der Waals surface area contributed by atoms with E-state index in [4.69, 9.17) is 22.4 Å². The molecule has 0 aliphatic heterocycles. The third-order valence-electron chi connectivity index (χ3n) is 2.55. The Balaban J connectivity index is 2.49. The molecule has 0 radical (unpaired) electrons. The number of nitrogen functional groups attached to an aromatic ring is 1. The summed E-state index contributed by atoms with van der Waals surface area (Å²) in [5, 5.41) is 9.34. The van der Waals surface area contributed by atoms with Crippen LogP contribution in [-0.2, 0) is 0 Å². The minimum Gasteiger partial charge on any atom is -0.397 e. The molecule has 0 aliphatic rings. The molecule has 1 aromatic rings. The van der Waals surface area contributed by atoms with E-state index in [1.54, 1.807) is 6.07 Å². The molecule has 90 valence electrons. The van der Waals surface area contributed by atoms with Crippen LogP contribution in [0.5, 0.6) is 0 Å². The molecule has 0 aromatic heterocycles. The second-order valence-corrected chi connectivity index (χ2v) is 4.35. The highest BCUT2D eigenvalue weighted by Crippen LogP contribution is 2.25. The lowest BCUT2D eigenvalue weighted by Gasteiger charge is -2.21. The average molecular weight is 243 g/mol. The molecule has 16 heavy (non-hydrogen) atoms. The molecule has 0 saturated carbocycles. The highest BCUT2D eigenvalue weighted by atomic mass is 35.5. The number of unbranched alkanes of at least 4 members (excludes halogenated alkanes) is 2. The van der Waals surface area contributed by atoms with E-state index in [9.17, 15) is 0 Å². The number of hydrogen-bond acceptors (Lipinski definition) is 3. The van der Waals surface area contributed by atoms with Gasteiger partial charge in [0.25, 0.3) is 0 Å². The first-order valence-electron chi connectivity index (χ1n) is 5.52. The molecular formula is C12H19ClN2O. The molecule has 3 nitrogen and oxygen atoms in total. The van der Waals surface area contributed by atoms with Crippen LogP contribution in [0.2, 0.25) is 5.02 Å². The second-order valence-electron chi connectivity index (χ2n) is 3.91. The van der Waals surface area contributed by atoms with Crippen molar-refractivity contribution in [3.8, 4) is 0 Å². The summed E-state index contributed by atoms with van der Waals surface area (Å²) in [7, 11) is 2.01. The number of halogens is 1. The van der Waals surface area contributed by atoms with Crippen molar-refractivity contribution in [3.05, 3.63) is 23.2 Å². The van der Waals surface area contributed by atoms with Crippen molar-refractivity contribution in [2.75, 3.05) is 30.8 Å². The number of rotatable bonds is 6. The minimum atomic E-state index is 0.271. The normalized spacial score (nSPS) is 10.4. The Bertz CT molecular complexity index is 331. The lowest BCUT2D eigenvalue weighted by molar-refractivity contribution is 0.283. The van der Waals surface area contributed by atoms with Crippen LogP contribution in [0.25, 0.3) is 0 Å². The summed E-state index contributed by atoms with van der Waals surface area (Å²) in [6.45, 7) is 1.21. The average Bonchev–Trinajstić information content (AvgIpc) is 2.24. The van der Waals surface area contributed by atoms with Crippen molar-refractivity contribution in [2.45, 2.75) is 19.3 Å². The van der Waals surface area contributed by atoms with Gasteiger partial charge in [0.2, 0.25) is 0 Å². The molecule has 1 rings (SSSR count). The molecule has 0 heterocycles. The van der Waals surface area contributed by atoms with Gasteiger partial charge in [0, 0.05) is 25.2 Å².